The molecule has 0 bridgehead atoms. The van der Waals surface area contributed by atoms with Gasteiger partial charge >= 0.3 is 0 Å². The molecule has 1 aromatic carbocycles. The van der Waals surface area contributed by atoms with Gasteiger partial charge in [-0.25, -0.2) is 0 Å². The van der Waals surface area contributed by atoms with Gasteiger partial charge in [-0.15, -0.1) is 0 Å². The second-order valence-electron chi connectivity index (χ2n) is 5.40. The van der Waals surface area contributed by atoms with E-state index in [-0.39, 0.29) is 0 Å². The lowest BCUT2D eigenvalue weighted by molar-refractivity contribution is 0.171. The number of pyridine rings is 1. The normalized spacial score (nSPS) is 14.4. The zero-order chi connectivity index (χ0) is 14.5. The predicted octanol–water partition coefficient (Wildman–Crippen LogP) is 3.48. The van der Waals surface area contributed by atoms with Gasteiger partial charge in [0.2, 0.25) is 0 Å². The van der Waals surface area contributed by atoms with Crippen LogP contribution in [-0.4, -0.2) is 25.7 Å². The highest BCUT2D eigenvalue weighted by Crippen LogP contribution is 2.30. The SMILES string of the molecule is CNC(c1cc(C)nc2ccccc12)C(C)CCOC. The van der Waals surface area contributed by atoms with Crippen LogP contribution in [0.15, 0.2) is 30.3 Å². The van der Waals surface area contributed by atoms with Crippen molar-refractivity contribution in [1.29, 1.82) is 0 Å². The van der Waals surface area contributed by atoms with E-state index in [0.29, 0.717) is 12.0 Å². The quantitative estimate of drug-likeness (QED) is 0.874. The molecule has 3 heteroatoms. The lowest BCUT2D eigenvalue weighted by Crippen LogP contribution is -2.25. The summed E-state index contributed by atoms with van der Waals surface area (Å²) in [5, 5.41) is 4.70. The van der Waals surface area contributed by atoms with E-state index in [1.165, 1.54) is 10.9 Å². The molecule has 1 aromatic heterocycles. The summed E-state index contributed by atoms with van der Waals surface area (Å²) in [7, 11) is 3.78. The van der Waals surface area contributed by atoms with Crippen LogP contribution in [0.4, 0.5) is 0 Å². The van der Waals surface area contributed by atoms with Crippen LogP contribution >= 0.6 is 0 Å². The fourth-order valence-corrected chi connectivity index (χ4v) is 2.81. The van der Waals surface area contributed by atoms with Crippen molar-refractivity contribution in [3.63, 3.8) is 0 Å². The summed E-state index contributed by atoms with van der Waals surface area (Å²) in [6.07, 6.45) is 1.04. The largest absolute Gasteiger partial charge is 0.385 e. The summed E-state index contributed by atoms with van der Waals surface area (Å²) in [6, 6.07) is 10.9. The molecular formula is C17H24N2O. The molecule has 0 spiro atoms. The molecule has 0 saturated carbocycles. The van der Waals surface area contributed by atoms with Crippen molar-refractivity contribution in [1.82, 2.24) is 10.3 Å². The number of hydrogen-bond acceptors (Lipinski definition) is 3. The first-order valence-electron chi connectivity index (χ1n) is 7.20. The van der Waals surface area contributed by atoms with E-state index in [2.05, 4.69) is 48.4 Å². The van der Waals surface area contributed by atoms with Gasteiger partial charge in [-0.3, -0.25) is 4.98 Å². The van der Waals surface area contributed by atoms with Crippen molar-refractivity contribution in [2.75, 3.05) is 20.8 Å². The monoisotopic (exact) mass is 272 g/mol. The molecule has 1 heterocycles. The number of aromatic nitrogens is 1. The minimum Gasteiger partial charge on any atom is -0.385 e. The van der Waals surface area contributed by atoms with Gasteiger partial charge in [0.05, 0.1) is 5.52 Å². The number of aryl methyl sites for hydroxylation is 1. The summed E-state index contributed by atoms with van der Waals surface area (Å²) in [5.41, 5.74) is 3.47. The standard InChI is InChI=1S/C17H24N2O/c1-12(9-10-20-4)17(18-3)15-11-13(2)19-16-8-6-5-7-14(15)16/h5-8,11-12,17-18H,9-10H2,1-4H3. The van der Waals surface area contributed by atoms with E-state index in [1.807, 2.05) is 13.1 Å². The van der Waals surface area contributed by atoms with Gasteiger partial charge in [0, 0.05) is 30.8 Å². The number of para-hydroxylation sites is 1. The highest BCUT2D eigenvalue weighted by molar-refractivity contribution is 5.82. The van der Waals surface area contributed by atoms with Crippen molar-refractivity contribution in [3.8, 4) is 0 Å². The molecule has 2 aromatic rings. The van der Waals surface area contributed by atoms with Crippen LogP contribution in [-0.2, 0) is 4.74 Å². The fourth-order valence-electron chi connectivity index (χ4n) is 2.81. The molecule has 20 heavy (non-hydrogen) atoms. The van der Waals surface area contributed by atoms with Crippen LogP contribution in [0.1, 0.15) is 30.6 Å². The first kappa shape index (κ1) is 14.9. The summed E-state index contributed by atoms with van der Waals surface area (Å²) in [6.45, 7) is 5.12. The average Bonchev–Trinajstić information content (AvgIpc) is 2.45. The predicted molar refractivity (Wildman–Crippen MR) is 83.9 cm³/mol. The summed E-state index contributed by atoms with van der Waals surface area (Å²) in [4.78, 5) is 4.62. The smallest absolute Gasteiger partial charge is 0.0708 e. The van der Waals surface area contributed by atoms with E-state index in [0.717, 1.165) is 24.2 Å². The second-order valence-corrected chi connectivity index (χ2v) is 5.40. The molecule has 2 unspecified atom stereocenters. The minimum absolute atomic E-state index is 0.316. The molecule has 0 fully saturated rings. The molecule has 3 nitrogen and oxygen atoms in total. The van der Waals surface area contributed by atoms with Gasteiger partial charge in [0.25, 0.3) is 0 Å². The Morgan fingerprint density at radius 2 is 2.05 bits per heavy atom. The highest BCUT2D eigenvalue weighted by atomic mass is 16.5. The molecule has 108 valence electrons. The van der Waals surface area contributed by atoms with Crippen molar-refractivity contribution in [2.45, 2.75) is 26.3 Å². The zero-order valence-electron chi connectivity index (χ0n) is 12.8. The Bertz CT molecular complexity index is 568. The molecule has 0 aliphatic carbocycles. The molecule has 2 rings (SSSR count). The lowest BCUT2D eigenvalue weighted by atomic mass is 9.90. The first-order chi connectivity index (χ1) is 9.67. The Hall–Kier alpha value is -1.45. The van der Waals surface area contributed by atoms with Gasteiger partial charge in [0.1, 0.15) is 0 Å². The van der Waals surface area contributed by atoms with Gasteiger partial charge in [-0.1, -0.05) is 25.1 Å². The van der Waals surface area contributed by atoms with Crippen LogP contribution in [0, 0.1) is 12.8 Å². The van der Waals surface area contributed by atoms with Crippen LogP contribution in [0.25, 0.3) is 10.9 Å². The van der Waals surface area contributed by atoms with Crippen molar-refractivity contribution < 1.29 is 4.74 Å². The summed E-state index contributed by atoms with van der Waals surface area (Å²) < 4.78 is 5.21. The van der Waals surface area contributed by atoms with Crippen LogP contribution in [0.3, 0.4) is 0 Å². The fraction of sp³-hybridized carbons (Fsp3) is 0.471. The molecule has 0 radical (unpaired) electrons. The number of benzene rings is 1. The summed E-state index contributed by atoms with van der Waals surface area (Å²) >= 11 is 0. The zero-order valence-corrected chi connectivity index (χ0v) is 12.8. The second kappa shape index (κ2) is 6.82. The van der Waals surface area contributed by atoms with Crippen LogP contribution < -0.4 is 5.32 Å². The first-order valence-corrected chi connectivity index (χ1v) is 7.20. The van der Waals surface area contributed by atoms with Gasteiger partial charge in [0.15, 0.2) is 0 Å². The molecule has 2 atom stereocenters. The third-order valence-corrected chi connectivity index (χ3v) is 3.87. The molecule has 0 aliphatic rings. The number of methoxy groups -OCH3 is 1. The maximum Gasteiger partial charge on any atom is 0.0708 e. The van der Waals surface area contributed by atoms with Gasteiger partial charge < -0.3 is 10.1 Å². The van der Waals surface area contributed by atoms with E-state index in [9.17, 15) is 0 Å². The van der Waals surface area contributed by atoms with Crippen molar-refractivity contribution >= 4 is 10.9 Å². The van der Waals surface area contributed by atoms with E-state index >= 15 is 0 Å². The lowest BCUT2D eigenvalue weighted by Gasteiger charge is -2.25. The van der Waals surface area contributed by atoms with Gasteiger partial charge in [-0.05, 0) is 44.0 Å². The van der Waals surface area contributed by atoms with E-state index in [1.54, 1.807) is 7.11 Å². The maximum absolute atomic E-state index is 5.21. The van der Waals surface area contributed by atoms with Gasteiger partial charge in [-0.2, -0.15) is 0 Å². The Balaban J connectivity index is 2.43. The molecule has 0 aliphatic heterocycles. The topological polar surface area (TPSA) is 34.2 Å². The summed E-state index contributed by atoms with van der Waals surface area (Å²) in [5.74, 6) is 0.505. The molecular weight excluding hydrogens is 248 g/mol. The third kappa shape index (κ3) is 3.17. The number of ether oxygens (including phenoxy) is 1. The van der Waals surface area contributed by atoms with Crippen LogP contribution in [0.5, 0.6) is 0 Å². The Morgan fingerprint density at radius 1 is 1.30 bits per heavy atom. The highest BCUT2D eigenvalue weighted by Gasteiger charge is 2.20. The van der Waals surface area contributed by atoms with E-state index < -0.39 is 0 Å². The van der Waals surface area contributed by atoms with Crippen molar-refractivity contribution in [2.24, 2.45) is 5.92 Å². The molecule has 1 N–H and O–H groups in total. The van der Waals surface area contributed by atoms with Crippen LogP contribution in [0.2, 0.25) is 0 Å². The third-order valence-electron chi connectivity index (χ3n) is 3.87. The minimum atomic E-state index is 0.316. The molecule has 0 amide bonds. The number of nitrogens with zero attached hydrogens (tertiary/aromatic N) is 1. The molecule has 0 saturated heterocycles. The number of fused-ring (bicyclic) bond motifs is 1. The van der Waals surface area contributed by atoms with E-state index in [4.69, 9.17) is 4.74 Å². The Labute approximate surface area is 121 Å². The number of nitrogens with one attached hydrogen (secondary N) is 1. The average molecular weight is 272 g/mol. The Kier molecular flexibility index (Phi) is 5.10. The maximum atomic E-state index is 5.21. The number of rotatable bonds is 6. The number of hydrogen-bond donors (Lipinski definition) is 1. The van der Waals surface area contributed by atoms with Crippen molar-refractivity contribution in [3.05, 3.63) is 41.6 Å². The Morgan fingerprint density at radius 3 is 2.75 bits per heavy atom.